The van der Waals surface area contributed by atoms with Gasteiger partial charge in [-0.15, -0.1) is 5.10 Å². The number of alkyl halides is 2. The highest BCUT2D eigenvalue weighted by atomic mass is 19.3. The smallest absolute Gasteiger partial charge is 0.272 e. The zero-order valence-corrected chi connectivity index (χ0v) is 14.3. The molecule has 0 spiro atoms. The van der Waals surface area contributed by atoms with E-state index in [1.54, 1.807) is 13.1 Å². The SMILES string of the molecule is Cc1nn2c3nc(ncc13)Nc1c(nn([C@@H]3CC3(F)F)c1C)OCCC2. The van der Waals surface area contributed by atoms with Gasteiger partial charge in [0.1, 0.15) is 11.7 Å². The van der Waals surface area contributed by atoms with Gasteiger partial charge in [0.15, 0.2) is 5.65 Å². The van der Waals surface area contributed by atoms with E-state index in [4.69, 9.17) is 4.74 Å². The van der Waals surface area contributed by atoms with Gasteiger partial charge in [-0.3, -0.25) is 4.68 Å². The third-order valence-corrected chi connectivity index (χ3v) is 4.87. The molecule has 2 aliphatic rings. The Morgan fingerprint density at radius 3 is 2.88 bits per heavy atom. The second-order valence-electron chi connectivity index (χ2n) is 6.76. The minimum Gasteiger partial charge on any atom is -0.475 e. The molecule has 136 valence electrons. The van der Waals surface area contributed by atoms with E-state index < -0.39 is 12.0 Å². The molecule has 1 atom stereocenters. The first kappa shape index (κ1) is 15.5. The largest absolute Gasteiger partial charge is 0.475 e. The minimum absolute atomic E-state index is 0.199. The van der Waals surface area contributed by atoms with Gasteiger partial charge in [-0.05, 0) is 13.8 Å². The lowest BCUT2D eigenvalue weighted by Gasteiger charge is -2.07. The van der Waals surface area contributed by atoms with E-state index in [0.717, 1.165) is 16.7 Å². The lowest BCUT2D eigenvalue weighted by Crippen LogP contribution is -2.08. The molecule has 1 fully saturated rings. The molecule has 1 N–H and O–H groups in total. The van der Waals surface area contributed by atoms with Crippen molar-refractivity contribution >= 4 is 22.7 Å². The molecule has 1 aliphatic carbocycles. The number of nitrogens with zero attached hydrogens (tertiary/aromatic N) is 6. The fourth-order valence-electron chi connectivity index (χ4n) is 3.32. The molecule has 5 rings (SSSR count). The van der Waals surface area contributed by atoms with Gasteiger partial charge in [-0.1, -0.05) is 0 Å². The van der Waals surface area contributed by atoms with Crippen LogP contribution in [0.15, 0.2) is 6.20 Å². The van der Waals surface area contributed by atoms with Gasteiger partial charge in [0, 0.05) is 25.6 Å². The fraction of sp³-hybridized carbons (Fsp3) is 0.500. The minimum atomic E-state index is -2.71. The van der Waals surface area contributed by atoms with Crippen LogP contribution in [0.5, 0.6) is 5.88 Å². The third kappa shape index (κ3) is 2.24. The molecule has 3 aromatic rings. The summed E-state index contributed by atoms with van der Waals surface area (Å²) in [5.74, 6) is -2.06. The first-order valence-corrected chi connectivity index (χ1v) is 8.51. The van der Waals surface area contributed by atoms with Crippen molar-refractivity contribution in [2.75, 3.05) is 11.9 Å². The number of hydrogen-bond acceptors (Lipinski definition) is 6. The molecular formula is C16H17F2N7O. The molecular weight excluding hydrogens is 344 g/mol. The maximum Gasteiger partial charge on any atom is 0.272 e. The maximum absolute atomic E-state index is 13.5. The summed E-state index contributed by atoms with van der Waals surface area (Å²) >= 11 is 0. The van der Waals surface area contributed by atoms with Gasteiger partial charge in [-0.2, -0.15) is 10.1 Å². The number of rotatable bonds is 1. The van der Waals surface area contributed by atoms with Crippen LogP contribution < -0.4 is 10.1 Å². The van der Waals surface area contributed by atoms with Gasteiger partial charge in [0.05, 0.1) is 23.4 Å². The Balaban J connectivity index is 1.61. The molecule has 0 unspecified atom stereocenters. The van der Waals surface area contributed by atoms with Crippen LogP contribution in [0.1, 0.15) is 30.3 Å². The highest BCUT2D eigenvalue weighted by Gasteiger charge is 2.59. The highest BCUT2D eigenvalue weighted by Crippen LogP contribution is 2.53. The summed E-state index contributed by atoms with van der Waals surface area (Å²) in [7, 11) is 0. The molecule has 4 heterocycles. The van der Waals surface area contributed by atoms with Crippen molar-refractivity contribution in [1.29, 1.82) is 0 Å². The fourth-order valence-corrected chi connectivity index (χ4v) is 3.32. The molecule has 0 radical (unpaired) electrons. The van der Waals surface area contributed by atoms with E-state index in [1.165, 1.54) is 4.68 Å². The Morgan fingerprint density at radius 2 is 2.12 bits per heavy atom. The number of fused-ring (bicyclic) bond motifs is 2. The van der Waals surface area contributed by atoms with Gasteiger partial charge in [-0.25, -0.2) is 18.4 Å². The summed E-state index contributed by atoms with van der Waals surface area (Å²) in [4.78, 5) is 8.89. The number of anilines is 2. The Kier molecular flexibility index (Phi) is 3.05. The van der Waals surface area contributed by atoms with Crippen molar-refractivity contribution in [3.8, 4) is 5.88 Å². The van der Waals surface area contributed by atoms with Gasteiger partial charge in [0.25, 0.3) is 11.8 Å². The molecule has 2 bridgehead atoms. The number of nitrogens with one attached hydrogen (secondary N) is 1. The van der Waals surface area contributed by atoms with Crippen LogP contribution in [0, 0.1) is 13.8 Å². The van der Waals surface area contributed by atoms with Gasteiger partial charge >= 0.3 is 0 Å². The normalized spacial score (nSPS) is 21.0. The molecule has 0 amide bonds. The predicted octanol–water partition coefficient (Wildman–Crippen LogP) is 2.75. The van der Waals surface area contributed by atoms with Gasteiger partial charge < -0.3 is 10.1 Å². The zero-order chi connectivity index (χ0) is 18.1. The summed E-state index contributed by atoms with van der Waals surface area (Å²) < 4.78 is 36.0. The van der Waals surface area contributed by atoms with Crippen LogP contribution in [0.3, 0.4) is 0 Å². The molecule has 10 heteroatoms. The van der Waals surface area contributed by atoms with E-state index in [1.807, 2.05) is 11.6 Å². The zero-order valence-electron chi connectivity index (χ0n) is 14.3. The van der Waals surface area contributed by atoms with E-state index in [2.05, 4.69) is 25.5 Å². The quantitative estimate of drug-likeness (QED) is 0.718. The van der Waals surface area contributed by atoms with Crippen molar-refractivity contribution in [3.63, 3.8) is 0 Å². The number of aryl methyl sites for hydroxylation is 2. The van der Waals surface area contributed by atoms with Gasteiger partial charge in [0.2, 0.25) is 5.95 Å². The standard InChI is InChI=1S/C16H17F2N7O/c1-8-10-7-19-15-20-12-9(2)25(11-6-16(11,17)18)23-14(12)26-5-3-4-24(22-8)13(10)21-15/h7,11H,3-6H2,1-2H3,(H,19,20,21)/t11-/m1/s1. The van der Waals surface area contributed by atoms with Crippen LogP contribution in [0.2, 0.25) is 0 Å². The number of halogens is 2. The van der Waals surface area contributed by atoms with E-state index >= 15 is 0 Å². The summed E-state index contributed by atoms with van der Waals surface area (Å²) in [6.07, 6.45) is 2.21. The first-order chi connectivity index (χ1) is 12.4. The Hall–Kier alpha value is -2.78. The Bertz CT molecular complexity index is 1030. The van der Waals surface area contributed by atoms with Crippen molar-refractivity contribution in [2.45, 2.75) is 45.2 Å². The van der Waals surface area contributed by atoms with Crippen LogP contribution in [0.25, 0.3) is 11.0 Å². The number of hydrogen-bond donors (Lipinski definition) is 1. The van der Waals surface area contributed by atoms with Crippen molar-refractivity contribution < 1.29 is 13.5 Å². The summed E-state index contributed by atoms with van der Waals surface area (Å²) in [5, 5.41) is 12.8. The summed E-state index contributed by atoms with van der Waals surface area (Å²) in [6.45, 7) is 4.69. The molecule has 1 saturated carbocycles. The van der Waals surface area contributed by atoms with Crippen LogP contribution in [-0.2, 0) is 6.54 Å². The van der Waals surface area contributed by atoms with E-state index in [-0.39, 0.29) is 6.42 Å². The van der Waals surface area contributed by atoms with Crippen LogP contribution >= 0.6 is 0 Å². The van der Waals surface area contributed by atoms with E-state index in [0.29, 0.717) is 42.8 Å². The number of aromatic nitrogens is 6. The Labute approximate surface area is 147 Å². The predicted molar refractivity (Wildman–Crippen MR) is 89.0 cm³/mol. The first-order valence-electron chi connectivity index (χ1n) is 8.51. The monoisotopic (exact) mass is 361 g/mol. The average Bonchev–Trinajstić information content (AvgIpc) is 2.97. The lowest BCUT2D eigenvalue weighted by molar-refractivity contribution is 0.0975. The average molecular weight is 361 g/mol. The molecule has 26 heavy (non-hydrogen) atoms. The number of ether oxygens (including phenoxy) is 1. The van der Waals surface area contributed by atoms with Crippen molar-refractivity contribution in [3.05, 3.63) is 17.6 Å². The molecule has 0 aromatic carbocycles. The third-order valence-electron chi connectivity index (χ3n) is 4.87. The second-order valence-corrected chi connectivity index (χ2v) is 6.76. The van der Waals surface area contributed by atoms with Crippen LogP contribution in [0.4, 0.5) is 20.4 Å². The summed E-state index contributed by atoms with van der Waals surface area (Å²) in [5.41, 5.74) is 2.71. The van der Waals surface area contributed by atoms with E-state index in [9.17, 15) is 8.78 Å². The van der Waals surface area contributed by atoms with Crippen molar-refractivity contribution in [2.24, 2.45) is 0 Å². The van der Waals surface area contributed by atoms with Crippen molar-refractivity contribution in [1.82, 2.24) is 29.5 Å². The summed E-state index contributed by atoms with van der Waals surface area (Å²) in [6, 6.07) is -0.916. The topological polar surface area (TPSA) is 82.7 Å². The highest BCUT2D eigenvalue weighted by molar-refractivity contribution is 5.79. The maximum atomic E-state index is 13.5. The molecule has 3 aromatic heterocycles. The lowest BCUT2D eigenvalue weighted by atomic mass is 10.3. The molecule has 8 nitrogen and oxygen atoms in total. The van der Waals surface area contributed by atoms with Crippen LogP contribution in [-0.4, -0.2) is 42.1 Å². The second kappa shape index (κ2) is 5.12. The Morgan fingerprint density at radius 1 is 1.31 bits per heavy atom. The molecule has 1 aliphatic heterocycles. The molecule has 0 saturated heterocycles.